The molecule has 2 aromatic carbocycles. The number of nitrogens with one attached hydrogen (secondary N) is 3. The van der Waals surface area contributed by atoms with Gasteiger partial charge in [-0.15, -0.1) is 11.3 Å². The van der Waals surface area contributed by atoms with Crippen LogP contribution in [0.3, 0.4) is 0 Å². The summed E-state index contributed by atoms with van der Waals surface area (Å²) in [5.41, 5.74) is 0.720. The number of hydrogen-bond donors (Lipinski definition) is 3. The number of alkyl halides is 3. The van der Waals surface area contributed by atoms with E-state index >= 15 is 0 Å². The van der Waals surface area contributed by atoms with E-state index in [1.54, 1.807) is 16.9 Å². The number of carbonyl (C=O) groups excluding carboxylic acids is 1. The fraction of sp³-hybridized carbons (Fsp3) is 0.357. The minimum absolute atomic E-state index is 0.0490. The van der Waals surface area contributed by atoms with Crippen LogP contribution in [-0.2, 0) is 26.0 Å². The number of benzene rings is 2. The molecular weight excluding hydrogens is 612 g/mol. The van der Waals surface area contributed by atoms with E-state index in [0.717, 1.165) is 48.9 Å². The topological polar surface area (TPSA) is 110 Å². The van der Waals surface area contributed by atoms with Crippen molar-refractivity contribution in [3.63, 3.8) is 0 Å². The molecule has 0 atom stereocenters. The molecule has 0 radical (unpaired) electrons. The van der Waals surface area contributed by atoms with Gasteiger partial charge in [-0.2, -0.15) is 13.2 Å². The number of hydrogen-bond acceptors (Lipinski definition) is 8. The van der Waals surface area contributed by atoms with Gasteiger partial charge in [-0.05, 0) is 29.9 Å². The van der Waals surface area contributed by atoms with Gasteiger partial charge >= 0.3 is 12.9 Å². The molecule has 1 fully saturated rings. The van der Waals surface area contributed by atoms with Crippen LogP contribution in [-0.4, -0.2) is 53.0 Å². The maximum atomic E-state index is 14.8. The van der Waals surface area contributed by atoms with Crippen LogP contribution >= 0.6 is 11.3 Å². The van der Waals surface area contributed by atoms with Crippen LogP contribution in [0.2, 0.25) is 0 Å². The molecule has 1 amide bonds. The number of rotatable bonds is 9. The molecule has 1 saturated heterocycles. The van der Waals surface area contributed by atoms with Gasteiger partial charge in [0, 0.05) is 38.3 Å². The molecule has 15 heteroatoms. The number of sulfonamides is 1. The Bertz CT molecular complexity index is 1720. The molecule has 1 aliphatic rings. The Morgan fingerprint density at radius 1 is 1.23 bits per heavy atom. The summed E-state index contributed by atoms with van der Waals surface area (Å²) in [6.45, 7) is 8.38. The number of amides is 1. The molecular formula is C28H26F4N4O5S2. The Labute approximate surface area is 249 Å². The minimum Gasteiger partial charge on any atom is -0.424 e. The van der Waals surface area contributed by atoms with Gasteiger partial charge in [0.25, 0.3) is 10.0 Å². The second-order valence-electron chi connectivity index (χ2n) is 9.44. The van der Waals surface area contributed by atoms with Crippen molar-refractivity contribution in [2.75, 3.05) is 37.1 Å². The lowest BCUT2D eigenvalue weighted by atomic mass is 10.1. The zero-order valence-electron chi connectivity index (χ0n) is 22.7. The number of thiophene rings is 1. The highest BCUT2D eigenvalue weighted by Crippen LogP contribution is 2.39. The first-order valence-corrected chi connectivity index (χ1v) is 15.2. The van der Waals surface area contributed by atoms with Gasteiger partial charge in [0.05, 0.1) is 33.9 Å². The van der Waals surface area contributed by atoms with Crippen molar-refractivity contribution in [3.05, 3.63) is 58.0 Å². The van der Waals surface area contributed by atoms with Gasteiger partial charge in [0.2, 0.25) is 5.91 Å². The van der Waals surface area contributed by atoms with E-state index in [9.17, 15) is 30.8 Å². The summed E-state index contributed by atoms with van der Waals surface area (Å²) in [6, 6.07) is 6.90. The van der Waals surface area contributed by atoms with Gasteiger partial charge in [-0.1, -0.05) is 24.0 Å². The number of fused-ring (bicyclic) bond motifs is 1. The Morgan fingerprint density at radius 2 is 1.98 bits per heavy atom. The summed E-state index contributed by atoms with van der Waals surface area (Å²) in [6.07, 6.45) is -4.09. The Balaban J connectivity index is 1.63. The Hall–Kier alpha value is -4.05. The van der Waals surface area contributed by atoms with E-state index in [1.165, 1.54) is 0 Å². The molecule has 3 N–H and O–H groups in total. The third kappa shape index (κ3) is 8.28. The average Bonchev–Trinajstić information content (AvgIpc) is 3.27. The number of nitrogens with zero attached hydrogens (tertiary/aromatic N) is 1. The average molecular weight is 639 g/mol. The molecule has 1 aromatic heterocycles. The number of ether oxygens (including phenoxy) is 2. The van der Waals surface area contributed by atoms with E-state index in [1.807, 2.05) is 6.07 Å². The van der Waals surface area contributed by atoms with E-state index in [0.29, 0.717) is 23.3 Å². The van der Waals surface area contributed by atoms with Crippen LogP contribution in [0.1, 0.15) is 30.2 Å². The quantitative estimate of drug-likeness (QED) is 0.166. The fourth-order valence-corrected chi connectivity index (χ4v) is 6.67. The van der Waals surface area contributed by atoms with Crippen LogP contribution < -0.4 is 20.1 Å². The third-order valence-corrected chi connectivity index (χ3v) is 8.88. The smallest absolute Gasteiger partial charge is 0.393 e. The van der Waals surface area contributed by atoms with Crippen molar-refractivity contribution in [2.45, 2.75) is 43.3 Å². The molecule has 4 rings (SSSR count). The largest absolute Gasteiger partial charge is 0.424 e. The standard InChI is InChI=1S/C28H26F4N4O5S2/c1-17(37)36-43(38,39)26-14-24(41-16-33-2)23(13-21(26)29)34-10-4-7-25-20(15-28(30,31)32)19-5-3-6-22(27(19)42-25)35-18-8-11-40-12-9-18/h3,5-6,13-14,18,34-35H,8-12,15-16H2,1H3,(H,36,37). The van der Waals surface area contributed by atoms with Crippen molar-refractivity contribution in [1.29, 1.82) is 0 Å². The molecule has 0 spiro atoms. The zero-order valence-corrected chi connectivity index (χ0v) is 24.4. The molecule has 9 nitrogen and oxygen atoms in total. The first-order valence-electron chi connectivity index (χ1n) is 12.9. The summed E-state index contributed by atoms with van der Waals surface area (Å²) in [7, 11) is -4.55. The van der Waals surface area contributed by atoms with E-state index < -0.39 is 46.0 Å². The minimum atomic E-state index is -4.55. The fourth-order valence-electron chi connectivity index (χ4n) is 4.43. The number of anilines is 2. The van der Waals surface area contributed by atoms with E-state index in [2.05, 4.69) is 27.3 Å². The summed E-state index contributed by atoms with van der Waals surface area (Å²) in [5, 5.41) is 6.62. The van der Waals surface area contributed by atoms with Gasteiger partial charge in [0.1, 0.15) is 10.7 Å². The monoisotopic (exact) mass is 638 g/mol. The van der Waals surface area contributed by atoms with Crippen LogP contribution in [0.15, 0.2) is 35.2 Å². The predicted molar refractivity (Wildman–Crippen MR) is 154 cm³/mol. The molecule has 3 aromatic rings. The normalized spacial score (nSPS) is 14.0. The third-order valence-electron chi connectivity index (χ3n) is 6.23. The second kappa shape index (κ2) is 13.5. The molecule has 228 valence electrons. The van der Waals surface area contributed by atoms with Crippen LogP contribution in [0, 0.1) is 24.2 Å². The summed E-state index contributed by atoms with van der Waals surface area (Å²) in [5.74, 6) is 3.19. The van der Waals surface area contributed by atoms with Crippen LogP contribution in [0.4, 0.5) is 28.9 Å². The Morgan fingerprint density at radius 3 is 2.65 bits per heavy atom. The number of halogens is 4. The lowest BCUT2D eigenvalue weighted by Crippen LogP contribution is -2.29. The summed E-state index contributed by atoms with van der Waals surface area (Å²) in [4.78, 5) is 13.6. The van der Waals surface area contributed by atoms with E-state index in [-0.39, 0.29) is 34.5 Å². The first kappa shape index (κ1) is 31.9. The SMILES string of the molecule is [C-]#[N+]COc1cc(S(=O)(=O)NC(C)=O)c(F)cc1NCC#Cc1sc2c(NC3CCOCC3)cccc2c1CC(F)(F)F. The highest BCUT2D eigenvalue weighted by molar-refractivity contribution is 7.90. The lowest BCUT2D eigenvalue weighted by Gasteiger charge is -2.24. The van der Waals surface area contributed by atoms with Crippen LogP contribution in [0.25, 0.3) is 14.9 Å². The Kier molecular flexibility index (Phi) is 10.0. The van der Waals surface area contributed by atoms with Gasteiger partial charge < -0.3 is 20.1 Å². The molecule has 1 aliphatic heterocycles. The maximum absolute atomic E-state index is 14.8. The van der Waals surface area contributed by atoms with Crippen molar-refractivity contribution < 1.29 is 40.2 Å². The molecule has 0 saturated carbocycles. The number of carbonyl (C=O) groups is 1. The molecule has 43 heavy (non-hydrogen) atoms. The summed E-state index contributed by atoms with van der Waals surface area (Å²) >= 11 is 1.14. The molecule has 0 aliphatic carbocycles. The molecule has 0 bridgehead atoms. The van der Waals surface area contributed by atoms with Gasteiger partial charge in [-0.25, -0.2) is 24.1 Å². The van der Waals surface area contributed by atoms with Crippen LogP contribution in [0.5, 0.6) is 5.75 Å². The zero-order chi connectivity index (χ0) is 31.2. The van der Waals surface area contributed by atoms with E-state index in [4.69, 9.17) is 16.0 Å². The highest BCUT2D eigenvalue weighted by Gasteiger charge is 2.31. The highest BCUT2D eigenvalue weighted by atomic mass is 32.2. The second-order valence-corrected chi connectivity index (χ2v) is 12.1. The van der Waals surface area contributed by atoms with Gasteiger partial charge in [-0.3, -0.25) is 9.64 Å². The molecule has 2 heterocycles. The van der Waals surface area contributed by atoms with Crippen molar-refractivity contribution >= 4 is 48.7 Å². The predicted octanol–water partition coefficient (Wildman–Crippen LogP) is 5.28. The van der Waals surface area contributed by atoms with Crippen molar-refractivity contribution in [3.8, 4) is 17.6 Å². The summed E-state index contributed by atoms with van der Waals surface area (Å²) < 4.78 is 93.1. The lowest BCUT2D eigenvalue weighted by molar-refractivity contribution is -0.127. The molecule has 0 unspecified atom stereocenters. The van der Waals surface area contributed by atoms with Gasteiger partial charge in [0.15, 0.2) is 5.75 Å². The maximum Gasteiger partial charge on any atom is 0.393 e. The van der Waals surface area contributed by atoms with Crippen molar-refractivity contribution in [2.24, 2.45) is 0 Å². The van der Waals surface area contributed by atoms with Crippen molar-refractivity contribution in [1.82, 2.24) is 4.72 Å². The first-order chi connectivity index (χ1) is 20.4.